The van der Waals surface area contributed by atoms with Crippen molar-refractivity contribution in [3.8, 4) is 5.69 Å². The lowest BCUT2D eigenvalue weighted by Crippen LogP contribution is -2.26. The maximum absolute atomic E-state index is 2.12. The first-order valence-corrected chi connectivity index (χ1v) is 4.97. The molecular formula is C13H11N2+. The molecule has 72 valence electrons. The van der Waals surface area contributed by atoms with Crippen LogP contribution in [-0.2, 0) is 0 Å². The molecule has 0 spiro atoms. The highest BCUT2D eigenvalue weighted by atomic mass is 15.1. The number of imidazole rings is 1. The summed E-state index contributed by atoms with van der Waals surface area (Å²) in [5.41, 5.74) is 2.38. The molecule has 0 amide bonds. The molecular weight excluding hydrogens is 184 g/mol. The van der Waals surface area contributed by atoms with Crippen molar-refractivity contribution in [2.24, 2.45) is 0 Å². The number of benzene rings is 1. The van der Waals surface area contributed by atoms with E-state index in [1.807, 2.05) is 30.3 Å². The van der Waals surface area contributed by atoms with Gasteiger partial charge in [0.15, 0.2) is 5.52 Å². The van der Waals surface area contributed by atoms with Gasteiger partial charge in [0, 0.05) is 0 Å². The molecule has 15 heavy (non-hydrogen) atoms. The Morgan fingerprint density at radius 2 is 1.67 bits per heavy atom. The van der Waals surface area contributed by atoms with Crippen LogP contribution in [0.4, 0.5) is 0 Å². The molecule has 2 heterocycles. The predicted octanol–water partition coefficient (Wildman–Crippen LogP) is 2.22. The van der Waals surface area contributed by atoms with Crippen LogP contribution in [0, 0.1) is 0 Å². The molecule has 0 unspecified atom stereocenters. The number of nitrogens with zero attached hydrogens (tertiary/aromatic N) is 2. The van der Waals surface area contributed by atoms with E-state index in [4.69, 9.17) is 0 Å². The van der Waals surface area contributed by atoms with Crippen LogP contribution < -0.4 is 4.57 Å². The monoisotopic (exact) mass is 195 g/mol. The number of pyridine rings is 1. The van der Waals surface area contributed by atoms with Gasteiger partial charge in [0.2, 0.25) is 0 Å². The molecule has 0 aliphatic carbocycles. The standard InChI is InChI=1S/C13H11N2/c1-2-6-12(7-3-1)15-10-13-8-4-5-9-14(13)11-15/h1-11H/q+1. The highest BCUT2D eigenvalue weighted by Gasteiger charge is 2.06. The fourth-order valence-electron chi connectivity index (χ4n) is 1.73. The van der Waals surface area contributed by atoms with E-state index in [0.29, 0.717) is 0 Å². The first-order valence-electron chi connectivity index (χ1n) is 4.97. The van der Waals surface area contributed by atoms with Gasteiger partial charge in [0.1, 0.15) is 11.9 Å². The third-order valence-electron chi connectivity index (χ3n) is 2.50. The Bertz CT molecular complexity index is 549. The van der Waals surface area contributed by atoms with Crippen molar-refractivity contribution >= 4 is 5.52 Å². The highest BCUT2D eigenvalue weighted by Crippen LogP contribution is 2.03. The van der Waals surface area contributed by atoms with Crippen LogP contribution in [0.25, 0.3) is 11.2 Å². The molecule has 0 radical (unpaired) electrons. The average molecular weight is 195 g/mol. The summed E-state index contributed by atoms with van der Waals surface area (Å²) in [6, 6.07) is 16.5. The highest BCUT2D eigenvalue weighted by molar-refractivity contribution is 5.42. The van der Waals surface area contributed by atoms with Gasteiger partial charge in [-0.05, 0) is 24.3 Å². The molecule has 2 nitrogen and oxygen atoms in total. The molecule has 0 saturated heterocycles. The predicted molar refractivity (Wildman–Crippen MR) is 58.9 cm³/mol. The van der Waals surface area contributed by atoms with Crippen molar-refractivity contribution in [2.75, 3.05) is 0 Å². The summed E-state index contributed by atoms with van der Waals surface area (Å²) in [7, 11) is 0. The van der Waals surface area contributed by atoms with Crippen molar-refractivity contribution in [1.82, 2.24) is 4.40 Å². The van der Waals surface area contributed by atoms with Gasteiger partial charge >= 0.3 is 0 Å². The molecule has 0 fully saturated rings. The zero-order valence-electron chi connectivity index (χ0n) is 8.25. The number of hydrogen-bond acceptors (Lipinski definition) is 0. The molecule has 0 aliphatic rings. The lowest BCUT2D eigenvalue weighted by molar-refractivity contribution is -0.594. The minimum Gasteiger partial charge on any atom is -0.202 e. The maximum Gasteiger partial charge on any atom is 0.254 e. The van der Waals surface area contributed by atoms with Gasteiger partial charge in [-0.2, -0.15) is 0 Å². The zero-order chi connectivity index (χ0) is 10.1. The van der Waals surface area contributed by atoms with Crippen LogP contribution in [0.1, 0.15) is 0 Å². The van der Waals surface area contributed by atoms with Gasteiger partial charge in [-0.1, -0.05) is 24.3 Å². The molecule has 2 heteroatoms. The summed E-state index contributed by atoms with van der Waals surface area (Å²) in [5, 5.41) is 0. The molecule has 2 aromatic heterocycles. The van der Waals surface area contributed by atoms with E-state index in [2.05, 4.69) is 45.9 Å². The number of rotatable bonds is 1. The van der Waals surface area contributed by atoms with Gasteiger partial charge < -0.3 is 0 Å². The Morgan fingerprint density at radius 1 is 0.867 bits per heavy atom. The number of hydrogen-bond donors (Lipinski definition) is 0. The van der Waals surface area contributed by atoms with Crippen LogP contribution in [0.5, 0.6) is 0 Å². The van der Waals surface area contributed by atoms with Crippen LogP contribution in [0.15, 0.2) is 67.3 Å². The fraction of sp³-hybridized carbons (Fsp3) is 0. The Labute approximate surface area is 88.0 Å². The van der Waals surface area contributed by atoms with E-state index < -0.39 is 0 Å². The van der Waals surface area contributed by atoms with E-state index in [0.717, 1.165) is 0 Å². The fourth-order valence-corrected chi connectivity index (χ4v) is 1.73. The second kappa shape index (κ2) is 3.24. The van der Waals surface area contributed by atoms with Crippen LogP contribution in [0.2, 0.25) is 0 Å². The smallest absolute Gasteiger partial charge is 0.202 e. The Hall–Kier alpha value is -2.09. The normalized spacial score (nSPS) is 10.7. The second-order valence-corrected chi connectivity index (χ2v) is 3.52. The summed E-state index contributed by atoms with van der Waals surface area (Å²) in [5.74, 6) is 0. The Balaban J connectivity index is 2.21. The molecule has 3 rings (SSSR count). The molecule has 0 saturated carbocycles. The minimum absolute atomic E-state index is 1.18. The van der Waals surface area contributed by atoms with E-state index in [1.165, 1.54) is 11.2 Å². The number of aromatic nitrogens is 2. The summed E-state index contributed by atoms with van der Waals surface area (Å²) >= 11 is 0. The second-order valence-electron chi connectivity index (χ2n) is 3.52. The zero-order valence-corrected chi connectivity index (χ0v) is 8.25. The lowest BCUT2D eigenvalue weighted by atomic mass is 10.3. The maximum atomic E-state index is 2.12. The van der Waals surface area contributed by atoms with Gasteiger partial charge in [-0.25, -0.2) is 8.97 Å². The van der Waals surface area contributed by atoms with E-state index >= 15 is 0 Å². The van der Waals surface area contributed by atoms with E-state index in [1.54, 1.807) is 0 Å². The molecule has 0 N–H and O–H groups in total. The average Bonchev–Trinajstić information content (AvgIpc) is 2.74. The van der Waals surface area contributed by atoms with Crippen LogP contribution in [-0.4, -0.2) is 4.40 Å². The number of fused-ring (bicyclic) bond motifs is 1. The van der Waals surface area contributed by atoms with E-state index in [9.17, 15) is 0 Å². The van der Waals surface area contributed by atoms with Crippen molar-refractivity contribution in [3.05, 3.63) is 67.3 Å². The minimum atomic E-state index is 1.18. The molecule has 1 aromatic carbocycles. The summed E-state index contributed by atoms with van der Waals surface area (Å²) in [6.07, 6.45) is 6.24. The summed E-state index contributed by atoms with van der Waals surface area (Å²) in [4.78, 5) is 0. The van der Waals surface area contributed by atoms with E-state index in [-0.39, 0.29) is 0 Å². The topological polar surface area (TPSA) is 8.29 Å². The Morgan fingerprint density at radius 3 is 2.47 bits per heavy atom. The van der Waals surface area contributed by atoms with Gasteiger partial charge in [0.25, 0.3) is 6.33 Å². The molecule has 0 atom stereocenters. The summed E-state index contributed by atoms with van der Waals surface area (Å²) in [6.45, 7) is 0. The third-order valence-corrected chi connectivity index (χ3v) is 2.50. The van der Waals surface area contributed by atoms with Gasteiger partial charge in [-0.3, -0.25) is 0 Å². The van der Waals surface area contributed by atoms with Crippen molar-refractivity contribution in [1.29, 1.82) is 0 Å². The van der Waals surface area contributed by atoms with Crippen molar-refractivity contribution < 1.29 is 4.57 Å². The number of para-hydroxylation sites is 1. The SMILES string of the molecule is c1ccc(-[n+]2cc3ccccn3c2)cc1. The quantitative estimate of drug-likeness (QED) is 0.526. The van der Waals surface area contributed by atoms with Crippen LogP contribution in [0.3, 0.4) is 0 Å². The molecule has 3 aromatic rings. The van der Waals surface area contributed by atoms with Gasteiger partial charge in [0.05, 0.1) is 6.20 Å². The van der Waals surface area contributed by atoms with Crippen molar-refractivity contribution in [3.63, 3.8) is 0 Å². The van der Waals surface area contributed by atoms with Crippen molar-refractivity contribution in [2.45, 2.75) is 0 Å². The third kappa shape index (κ3) is 1.40. The van der Waals surface area contributed by atoms with Gasteiger partial charge in [-0.15, -0.1) is 0 Å². The molecule has 0 aliphatic heterocycles. The first-order chi connectivity index (χ1) is 7.43. The summed E-state index contributed by atoms with van der Waals surface area (Å²) < 4.78 is 4.22. The van der Waals surface area contributed by atoms with Crippen LogP contribution >= 0.6 is 0 Å². The first kappa shape index (κ1) is 8.24. The largest absolute Gasteiger partial charge is 0.254 e. The molecule has 0 bridgehead atoms. The Kier molecular flexibility index (Phi) is 1.78. The lowest BCUT2D eigenvalue weighted by Gasteiger charge is -1.91.